The van der Waals surface area contributed by atoms with E-state index < -0.39 is 24.0 Å². The summed E-state index contributed by atoms with van der Waals surface area (Å²) in [6.45, 7) is 4.61. The van der Waals surface area contributed by atoms with Gasteiger partial charge >= 0.3 is 11.9 Å². The Morgan fingerprint density at radius 1 is 0.900 bits per heavy atom. The lowest BCUT2D eigenvalue weighted by Crippen LogP contribution is -2.35. The van der Waals surface area contributed by atoms with Crippen molar-refractivity contribution in [2.24, 2.45) is 11.5 Å². The van der Waals surface area contributed by atoms with Gasteiger partial charge in [0.1, 0.15) is 12.1 Å². The van der Waals surface area contributed by atoms with Crippen LogP contribution >= 0.6 is 21.6 Å². The lowest BCUT2D eigenvalue weighted by molar-refractivity contribution is -0.145. The van der Waals surface area contributed by atoms with Crippen LogP contribution in [0.2, 0.25) is 0 Å². The Labute approximate surface area is 128 Å². The first-order valence-electron chi connectivity index (χ1n) is 6.61. The summed E-state index contributed by atoms with van der Waals surface area (Å²) in [5, 5.41) is 0. The van der Waals surface area contributed by atoms with Crippen molar-refractivity contribution in [3.63, 3.8) is 0 Å². The lowest BCUT2D eigenvalue weighted by atomic mass is 10.4. The molecule has 0 bridgehead atoms. The fraction of sp³-hybridized carbons (Fsp3) is 0.833. The summed E-state index contributed by atoms with van der Waals surface area (Å²) in [4.78, 5) is 22.8. The highest BCUT2D eigenvalue weighted by Gasteiger charge is 2.17. The average molecular weight is 324 g/mol. The van der Waals surface area contributed by atoms with Gasteiger partial charge in [-0.1, -0.05) is 35.4 Å². The SMILES string of the molecule is CCCOC(=O)C(N)CSSC[C@H](N)C(=O)OCCC. The van der Waals surface area contributed by atoms with E-state index in [0.717, 1.165) is 12.8 Å². The Morgan fingerprint density at radius 2 is 1.25 bits per heavy atom. The van der Waals surface area contributed by atoms with Crippen molar-refractivity contribution >= 4 is 33.5 Å². The van der Waals surface area contributed by atoms with E-state index in [0.29, 0.717) is 24.7 Å². The highest BCUT2D eigenvalue weighted by molar-refractivity contribution is 8.76. The highest BCUT2D eigenvalue weighted by Crippen LogP contribution is 2.22. The minimum absolute atomic E-state index is 0.387. The molecule has 0 aromatic heterocycles. The number of nitrogens with two attached hydrogens (primary N) is 2. The molecule has 118 valence electrons. The van der Waals surface area contributed by atoms with Gasteiger partial charge in [-0.15, -0.1) is 0 Å². The maximum absolute atomic E-state index is 11.4. The molecule has 1 unspecified atom stereocenters. The van der Waals surface area contributed by atoms with Gasteiger partial charge in [-0.2, -0.15) is 0 Å². The smallest absolute Gasteiger partial charge is 0.323 e. The maximum Gasteiger partial charge on any atom is 0.323 e. The summed E-state index contributed by atoms with van der Waals surface area (Å²) in [6.07, 6.45) is 1.55. The topological polar surface area (TPSA) is 105 Å². The predicted octanol–water partition coefficient (Wildman–Crippen LogP) is 0.929. The van der Waals surface area contributed by atoms with Crippen LogP contribution in [-0.4, -0.2) is 48.7 Å². The highest BCUT2D eigenvalue weighted by atomic mass is 33.1. The van der Waals surface area contributed by atoms with Gasteiger partial charge in [-0.25, -0.2) is 0 Å². The molecule has 6 nitrogen and oxygen atoms in total. The third kappa shape index (κ3) is 9.46. The van der Waals surface area contributed by atoms with Crippen LogP contribution in [0.1, 0.15) is 26.7 Å². The zero-order valence-electron chi connectivity index (χ0n) is 12.0. The summed E-state index contributed by atoms with van der Waals surface area (Å²) in [7, 11) is 2.79. The third-order valence-corrected chi connectivity index (χ3v) is 4.55. The van der Waals surface area contributed by atoms with E-state index in [-0.39, 0.29) is 0 Å². The minimum Gasteiger partial charge on any atom is -0.465 e. The molecule has 0 fully saturated rings. The van der Waals surface area contributed by atoms with Crippen LogP contribution < -0.4 is 11.5 Å². The fourth-order valence-corrected chi connectivity index (χ4v) is 3.21. The zero-order chi connectivity index (χ0) is 15.4. The third-order valence-electron chi connectivity index (χ3n) is 2.08. The molecule has 0 amide bonds. The molecule has 0 aromatic carbocycles. The van der Waals surface area contributed by atoms with Gasteiger partial charge in [0.15, 0.2) is 0 Å². The molecule has 0 saturated heterocycles. The number of carbonyl (C=O) groups excluding carboxylic acids is 2. The maximum atomic E-state index is 11.4. The molecule has 8 heteroatoms. The second-order valence-electron chi connectivity index (χ2n) is 4.12. The van der Waals surface area contributed by atoms with Gasteiger partial charge in [-0.3, -0.25) is 9.59 Å². The van der Waals surface area contributed by atoms with Crippen molar-refractivity contribution in [2.75, 3.05) is 24.7 Å². The fourth-order valence-electron chi connectivity index (χ4n) is 0.998. The van der Waals surface area contributed by atoms with Gasteiger partial charge < -0.3 is 20.9 Å². The monoisotopic (exact) mass is 324 g/mol. The van der Waals surface area contributed by atoms with E-state index in [1.807, 2.05) is 13.8 Å². The first-order valence-corrected chi connectivity index (χ1v) is 9.10. The summed E-state index contributed by atoms with van der Waals surface area (Å²) in [6, 6.07) is -1.30. The quantitative estimate of drug-likeness (QED) is 0.328. The second-order valence-corrected chi connectivity index (χ2v) is 6.67. The number of hydrogen-bond acceptors (Lipinski definition) is 8. The molecule has 0 aliphatic carbocycles. The predicted molar refractivity (Wildman–Crippen MR) is 83.4 cm³/mol. The van der Waals surface area contributed by atoms with Crippen LogP contribution in [0.5, 0.6) is 0 Å². The van der Waals surface area contributed by atoms with Crippen molar-refractivity contribution in [2.45, 2.75) is 38.8 Å². The van der Waals surface area contributed by atoms with E-state index in [1.54, 1.807) is 0 Å². The summed E-state index contributed by atoms with van der Waals surface area (Å²) >= 11 is 0. The molecule has 0 radical (unpaired) electrons. The Morgan fingerprint density at radius 3 is 1.55 bits per heavy atom. The summed E-state index contributed by atoms with van der Waals surface area (Å²) in [5.41, 5.74) is 11.3. The van der Waals surface area contributed by atoms with Crippen LogP contribution in [0, 0.1) is 0 Å². The molecule has 0 heterocycles. The molecule has 0 aliphatic rings. The molecule has 0 aliphatic heterocycles. The molecular weight excluding hydrogens is 300 g/mol. The van der Waals surface area contributed by atoms with Gasteiger partial charge in [-0.05, 0) is 12.8 Å². The van der Waals surface area contributed by atoms with Crippen molar-refractivity contribution < 1.29 is 19.1 Å². The first-order chi connectivity index (χ1) is 9.52. The standard InChI is InChI=1S/C12H24N2O4S2/c1-3-5-17-11(15)9(13)7-19-20-8-10(14)12(16)18-6-4-2/h9-10H,3-8,13-14H2,1-2H3/t9-,10?/m0/s1. The number of rotatable bonds is 11. The molecule has 0 saturated carbocycles. The van der Waals surface area contributed by atoms with Crippen LogP contribution in [0.15, 0.2) is 0 Å². The molecule has 0 rings (SSSR count). The minimum atomic E-state index is -0.651. The Hall–Kier alpha value is -0.440. The summed E-state index contributed by atoms with van der Waals surface area (Å²) < 4.78 is 9.86. The van der Waals surface area contributed by atoms with Gasteiger partial charge in [0.25, 0.3) is 0 Å². The van der Waals surface area contributed by atoms with E-state index >= 15 is 0 Å². The first kappa shape index (κ1) is 19.6. The Balaban J connectivity index is 3.69. The Kier molecular flexibility index (Phi) is 12.0. The molecule has 0 spiro atoms. The van der Waals surface area contributed by atoms with Gasteiger partial charge in [0, 0.05) is 11.5 Å². The molecule has 2 atom stereocenters. The molecule has 4 N–H and O–H groups in total. The number of esters is 2. The van der Waals surface area contributed by atoms with Crippen LogP contribution in [-0.2, 0) is 19.1 Å². The van der Waals surface area contributed by atoms with E-state index in [2.05, 4.69) is 0 Å². The van der Waals surface area contributed by atoms with Crippen LogP contribution in [0.25, 0.3) is 0 Å². The lowest BCUT2D eigenvalue weighted by Gasteiger charge is -2.12. The van der Waals surface area contributed by atoms with Gasteiger partial charge in [0.05, 0.1) is 13.2 Å². The van der Waals surface area contributed by atoms with E-state index in [9.17, 15) is 9.59 Å². The summed E-state index contributed by atoms with van der Waals surface area (Å²) in [5.74, 6) is 0.0478. The normalized spacial score (nSPS) is 13.6. The molecule has 20 heavy (non-hydrogen) atoms. The van der Waals surface area contributed by atoms with E-state index in [4.69, 9.17) is 20.9 Å². The zero-order valence-corrected chi connectivity index (χ0v) is 13.6. The number of ether oxygens (including phenoxy) is 2. The molecular formula is C12H24N2O4S2. The van der Waals surface area contributed by atoms with Crippen molar-refractivity contribution in [1.29, 1.82) is 0 Å². The van der Waals surface area contributed by atoms with Crippen molar-refractivity contribution in [1.82, 2.24) is 0 Å². The number of carbonyl (C=O) groups is 2. The van der Waals surface area contributed by atoms with Crippen molar-refractivity contribution in [3.8, 4) is 0 Å². The average Bonchev–Trinajstić information content (AvgIpc) is 2.45. The number of hydrogen-bond donors (Lipinski definition) is 2. The Bertz CT molecular complexity index is 265. The van der Waals surface area contributed by atoms with Crippen LogP contribution in [0.4, 0.5) is 0 Å². The van der Waals surface area contributed by atoms with Gasteiger partial charge in [0.2, 0.25) is 0 Å². The van der Waals surface area contributed by atoms with Crippen LogP contribution in [0.3, 0.4) is 0 Å². The van der Waals surface area contributed by atoms with E-state index in [1.165, 1.54) is 21.6 Å². The van der Waals surface area contributed by atoms with Crippen molar-refractivity contribution in [3.05, 3.63) is 0 Å². The second kappa shape index (κ2) is 12.3. The molecule has 0 aromatic rings. The largest absolute Gasteiger partial charge is 0.465 e.